The Balaban J connectivity index is -0.000000282. The molecule has 0 aliphatic carbocycles. The Morgan fingerprint density at radius 2 is 1.59 bits per heavy atom. The van der Waals surface area contributed by atoms with Crippen LogP contribution in [0.25, 0.3) is 0 Å². The third-order valence-corrected chi connectivity index (χ3v) is 3.08. The van der Waals surface area contributed by atoms with Gasteiger partial charge in [0.25, 0.3) is 7.82 Å². The van der Waals surface area contributed by atoms with E-state index in [0.717, 1.165) is 0 Å². The van der Waals surface area contributed by atoms with E-state index in [-0.39, 0.29) is 69.6 Å². The monoisotopic (exact) mass is 264 g/mol. The number of phosphoric ester groups is 1. The first-order chi connectivity index (χ1) is 6.12. The summed E-state index contributed by atoms with van der Waals surface area (Å²) in [4.78, 5) is 30.5. The fourth-order valence-corrected chi connectivity index (χ4v) is 1.96. The van der Waals surface area contributed by atoms with E-state index in [2.05, 4.69) is 15.4 Å². The molecule has 12 heteroatoms. The molecule has 0 aromatic heterocycles. The van der Waals surface area contributed by atoms with Gasteiger partial charge in [0.2, 0.25) is 0 Å². The van der Waals surface area contributed by atoms with Crippen LogP contribution >= 0.6 is 15.6 Å². The van der Waals surface area contributed by atoms with Crippen LogP contribution in [0.2, 0.25) is 0 Å². The first kappa shape index (κ1) is 27.2. The zero-order chi connectivity index (χ0) is 11.4. The van der Waals surface area contributed by atoms with Crippen LogP contribution in [0.15, 0.2) is 12.2 Å². The number of phosphoric acid groups is 2. The molecule has 0 aliphatic heterocycles. The minimum absolute atomic E-state index is 0. The van der Waals surface area contributed by atoms with Gasteiger partial charge in [-0.15, -0.1) is 6.58 Å². The molecule has 17 heavy (non-hydrogen) atoms. The van der Waals surface area contributed by atoms with E-state index < -0.39 is 15.6 Å². The van der Waals surface area contributed by atoms with Gasteiger partial charge in [0, 0.05) is 0 Å². The Kier molecular flexibility index (Phi) is 18.6. The van der Waals surface area contributed by atoms with Gasteiger partial charge in [0.05, 0.1) is 14.4 Å². The molecule has 0 radical (unpaired) electrons. The summed E-state index contributed by atoms with van der Waals surface area (Å²) in [6.07, 6.45) is 0.220. The van der Waals surface area contributed by atoms with Crippen LogP contribution in [0, 0.1) is 0 Å². The van der Waals surface area contributed by atoms with Crippen LogP contribution in [0.5, 0.6) is 0 Å². The summed E-state index contributed by atoms with van der Waals surface area (Å²) in [6.45, 7) is 4.78. The van der Waals surface area contributed by atoms with Gasteiger partial charge in [-0.1, -0.05) is 5.57 Å². The van der Waals surface area contributed by atoms with Gasteiger partial charge >= 0.3 is 56.6 Å². The van der Waals surface area contributed by atoms with E-state index in [9.17, 15) is 23.8 Å². The fourth-order valence-electron chi connectivity index (χ4n) is 0.478. The second kappa shape index (κ2) is 11.6. The molecule has 0 fully saturated rings. The smallest absolute Gasteiger partial charge is 0.790 e. The molecule has 0 aliphatic rings. The van der Waals surface area contributed by atoms with Crippen LogP contribution in [0.4, 0.5) is 0 Å². The minimum atomic E-state index is -5.57. The Morgan fingerprint density at radius 3 is 1.88 bits per heavy atom. The van der Waals surface area contributed by atoms with Crippen molar-refractivity contribution >= 4 is 15.6 Å². The summed E-state index contributed by atoms with van der Waals surface area (Å²) in [7, 11) is -10.6. The molecule has 1 atom stereocenters. The third-order valence-electron chi connectivity index (χ3n) is 0.978. The van der Waals surface area contributed by atoms with Crippen molar-refractivity contribution in [1.82, 2.24) is 0 Å². The van der Waals surface area contributed by atoms with Gasteiger partial charge < -0.3 is 23.8 Å². The first-order valence-corrected chi connectivity index (χ1v) is 6.38. The fraction of sp³-hybridized carbons (Fsp3) is 0.600. The molecule has 7 nitrogen and oxygen atoms in total. The quantitative estimate of drug-likeness (QED) is 0.265. The maximum atomic E-state index is 10.6. The molecule has 0 N–H and O–H groups in total. The third kappa shape index (κ3) is 20.3. The second-order valence-electron chi connectivity index (χ2n) is 2.52. The topological polar surface area (TPSA) is 122 Å². The maximum Gasteiger partial charge on any atom is 1.00 e. The van der Waals surface area contributed by atoms with Crippen molar-refractivity contribution in [1.29, 1.82) is 0 Å². The largest absolute Gasteiger partial charge is 1.00 e. The summed E-state index contributed by atoms with van der Waals surface area (Å²) in [5.41, 5.74) is 0.650. The Hall–Kier alpha value is 1.79. The molecule has 0 aromatic rings. The van der Waals surface area contributed by atoms with E-state index in [1.165, 1.54) is 0 Å². The van der Waals surface area contributed by atoms with Gasteiger partial charge in [-0.05, 0) is 13.3 Å². The SMILES string of the molecule is C=C(C)CCOP(=O)([O-])OP(=O)([O-])[O-].[Li+].[Li+].[Li+]. The number of rotatable bonds is 6. The van der Waals surface area contributed by atoms with E-state index >= 15 is 0 Å². The Morgan fingerprint density at radius 1 is 1.18 bits per heavy atom. The van der Waals surface area contributed by atoms with Gasteiger partial charge in [-0.2, -0.15) is 0 Å². The van der Waals surface area contributed by atoms with Crippen LogP contribution in [0.3, 0.4) is 0 Å². The van der Waals surface area contributed by atoms with E-state index in [1.54, 1.807) is 6.92 Å². The first-order valence-electron chi connectivity index (χ1n) is 3.46. The van der Waals surface area contributed by atoms with Gasteiger partial charge in [-0.3, -0.25) is 8.88 Å². The van der Waals surface area contributed by atoms with Gasteiger partial charge in [-0.25, -0.2) is 0 Å². The Labute approximate surface area is 136 Å². The van der Waals surface area contributed by atoms with Crippen LogP contribution < -0.4 is 71.3 Å². The van der Waals surface area contributed by atoms with Gasteiger partial charge in [0.15, 0.2) is 0 Å². The second-order valence-corrected chi connectivity index (χ2v) is 5.22. The van der Waals surface area contributed by atoms with Crippen LogP contribution in [0.1, 0.15) is 13.3 Å². The molecular formula is C5H9Li3O7P2. The molecule has 0 spiro atoms. The predicted octanol–water partition coefficient (Wildman–Crippen LogP) is -9.71. The zero-order valence-corrected chi connectivity index (χ0v) is 12.2. The summed E-state index contributed by atoms with van der Waals surface area (Å²) >= 11 is 0. The van der Waals surface area contributed by atoms with Crippen molar-refractivity contribution in [2.75, 3.05) is 6.61 Å². The summed E-state index contributed by atoms with van der Waals surface area (Å²) in [5.74, 6) is 0. The minimum Gasteiger partial charge on any atom is -0.790 e. The molecule has 1 unspecified atom stereocenters. The summed E-state index contributed by atoms with van der Waals surface area (Å²) < 4.78 is 27.8. The van der Waals surface area contributed by atoms with Crippen molar-refractivity contribution in [3.8, 4) is 0 Å². The molecule has 0 amide bonds. The zero-order valence-electron chi connectivity index (χ0n) is 10.4. The molecule has 84 valence electrons. The van der Waals surface area contributed by atoms with Crippen LogP contribution in [-0.2, 0) is 18.0 Å². The average Bonchev–Trinajstić information content (AvgIpc) is 1.78. The van der Waals surface area contributed by atoms with Crippen molar-refractivity contribution < 1.29 is 89.2 Å². The predicted molar refractivity (Wildman–Crippen MR) is 41.7 cm³/mol. The molecular weight excluding hydrogens is 255 g/mol. The molecule has 0 heterocycles. The molecule has 0 bridgehead atoms. The number of hydrogen-bond donors (Lipinski definition) is 0. The Bertz CT molecular complexity index is 304. The van der Waals surface area contributed by atoms with E-state index in [0.29, 0.717) is 5.57 Å². The normalized spacial score (nSPS) is 13.4. The van der Waals surface area contributed by atoms with Gasteiger partial charge in [0.1, 0.15) is 0 Å². The molecule has 0 saturated heterocycles. The molecule has 0 saturated carbocycles. The van der Waals surface area contributed by atoms with Crippen molar-refractivity contribution in [3.63, 3.8) is 0 Å². The van der Waals surface area contributed by atoms with E-state index in [4.69, 9.17) is 0 Å². The number of hydrogen-bond acceptors (Lipinski definition) is 7. The average molecular weight is 264 g/mol. The van der Waals surface area contributed by atoms with Crippen molar-refractivity contribution in [2.45, 2.75) is 13.3 Å². The summed E-state index contributed by atoms with van der Waals surface area (Å²) in [6, 6.07) is 0. The maximum absolute atomic E-state index is 10.6. The van der Waals surface area contributed by atoms with Crippen LogP contribution in [-0.4, -0.2) is 6.61 Å². The van der Waals surface area contributed by atoms with Crippen molar-refractivity contribution in [3.05, 3.63) is 12.2 Å². The standard InChI is InChI=1S/C5H12O7P2.3Li/c1-5(2)3-4-11-14(9,10)12-13(6,7)8;;;/h1,3-4H2,2H3,(H,9,10)(H2,6,7,8);;;/q;3*+1/p-3. The summed E-state index contributed by atoms with van der Waals surface area (Å²) in [5, 5.41) is 0. The van der Waals surface area contributed by atoms with E-state index in [1.807, 2.05) is 0 Å². The molecule has 0 aromatic carbocycles. The van der Waals surface area contributed by atoms with Crippen molar-refractivity contribution in [2.24, 2.45) is 0 Å². The molecule has 0 rings (SSSR count).